The third-order valence-corrected chi connectivity index (χ3v) is 1.70. The first-order chi connectivity index (χ1) is 6.08. The van der Waals surface area contributed by atoms with Crippen LogP contribution in [0, 0.1) is 0 Å². The van der Waals surface area contributed by atoms with Crippen molar-refractivity contribution in [3.63, 3.8) is 0 Å². The molecule has 0 N–H and O–H groups in total. The van der Waals surface area contributed by atoms with E-state index in [-0.39, 0.29) is 5.56 Å². The number of benzene rings is 1. The third kappa shape index (κ3) is 2.11. The molecule has 0 bridgehead atoms. The lowest BCUT2D eigenvalue weighted by molar-refractivity contribution is -0.0284. The minimum atomic E-state index is -3.50. The van der Waals surface area contributed by atoms with Crippen molar-refractivity contribution in [3.8, 4) is 0 Å². The average Bonchev–Trinajstić information content (AvgIpc) is 2.18. The maximum Gasteiger partial charge on any atom is 0.300 e. The lowest BCUT2D eigenvalue weighted by atomic mass is 10.1. The Morgan fingerprint density at radius 1 is 1.23 bits per heavy atom. The van der Waals surface area contributed by atoms with Gasteiger partial charge in [0, 0.05) is 0 Å². The highest BCUT2D eigenvalue weighted by molar-refractivity contribution is 5.21. The molecular weight excluding hydrogens is 177 g/mol. The van der Waals surface area contributed by atoms with Gasteiger partial charge < -0.3 is 0 Å². The van der Waals surface area contributed by atoms with Crippen LogP contribution in [0.15, 0.2) is 43.0 Å². The Morgan fingerprint density at radius 2 is 1.77 bits per heavy atom. The fourth-order valence-electron chi connectivity index (χ4n) is 0.948. The van der Waals surface area contributed by atoms with Gasteiger partial charge in [0.15, 0.2) is 6.17 Å². The topological polar surface area (TPSA) is 0 Å². The van der Waals surface area contributed by atoms with Crippen LogP contribution in [0.3, 0.4) is 0 Å². The van der Waals surface area contributed by atoms with E-state index in [2.05, 4.69) is 6.58 Å². The molecule has 13 heavy (non-hydrogen) atoms. The van der Waals surface area contributed by atoms with Crippen LogP contribution in [0.1, 0.15) is 11.7 Å². The molecule has 0 aliphatic carbocycles. The van der Waals surface area contributed by atoms with Crippen LogP contribution in [0.5, 0.6) is 0 Å². The lowest BCUT2D eigenvalue weighted by Gasteiger charge is -2.16. The van der Waals surface area contributed by atoms with Crippen molar-refractivity contribution in [3.05, 3.63) is 48.6 Å². The second-order valence-electron chi connectivity index (χ2n) is 2.65. The summed E-state index contributed by atoms with van der Waals surface area (Å²) in [6.45, 7) is 2.89. The van der Waals surface area contributed by atoms with Crippen molar-refractivity contribution >= 4 is 0 Å². The predicted octanol–water partition coefficient (Wildman–Crippen LogP) is 3.52. The van der Waals surface area contributed by atoms with Gasteiger partial charge in [0.05, 0.1) is 0 Å². The van der Waals surface area contributed by atoms with E-state index in [1.807, 2.05) is 0 Å². The van der Waals surface area contributed by atoms with Crippen molar-refractivity contribution in [2.45, 2.75) is 12.1 Å². The Bertz CT molecular complexity index is 279. The summed E-state index contributed by atoms with van der Waals surface area (Å²) in [5.74, 6) is -3.50. The highest BCUT2D eigenvalue weighted by Gasteiger charge is 2.37. The number of halogens is 3. The van der Waals surface area contributed by atoms with Gasteiger partial charge in [-0.1, -0.05) is 36.9 Å². The summed E-state index contributed by atoms with van der Waals surface area (Å²) in [4.78, 5) is 0. The summed E-state index contributed by atoms with van der Waals surface area (Å²) in [6, 6.07) is 7.31. The monoisotopic (exact) mass is 186 g/mol. The largest absolute Gasteiger partial charge is 0.300 e. The summed E-state index contributed by atoms with van der Waals surface area (Å²) >= 11 is 0. The van der Waals surface area contributed by atoms with E-state index in [1.54, 1.807) is 6.07 Å². The molecule has 1 rings (SSSR count). The summed E-state index contributed by atoms with van der Waals surface area (Å²) in [6.07, 6.45) is -1.99. The first-order valence-electron chi connectivity index (χ1n) is 3.78. The Morgan fingerprint density at radius 3 is 2.23 bits per heavy atom. The van der Waals surface area contributed by atoms with Crippen molar-refractivity contribution in [1.29, 1.82) is 0 Å². The maximum atomic E-state index is 13.1. The molecule has 0 amide bonds. The summed E-state index contributed by atoms with van der Waals surface area (Å²) in [5.41, 5.74) is -0.0348. The van der Waals surface area contributed by atoms with Crippen LogP contribution in [0.4, 0.5) is 13.2 Å². The molecular formula is C10H9F3. The molecule has 1 aromatic carbocycles. The second kappa shape index (κ2) is 3.64. The van der Waals surface area contributed by atoms with E-state index in [9.17, 15) is 13.2 Å². The van der Waals surface area contributed by atoms with Gasteiger partial charge in [-0.15, -0.1) is 0 Å². The molecule has 0 spiro atoms. The van der Waals surface area contributed by atoms with Crippen LogP contribution in [-0.2, 0) is 0 Å². The van der Waals surface area contributed by atoms with Crippen LogP contribution in [0.25, 0.3) is 0 Å². The van der Waals surface area contributed by atoms with E-state index < -0.39 is 12.1 Å². The SMILES string of the molecule is C=CC(F)(F)C(F)c1ccccc1. The maximum absolute atomic E-state index is 13.1. The zero-order chi connectivity index (χ0) is 9.90. The van der Waals surface area contributed by atoms with Crippen molar-refractivity contribution in [2.75, 3.05) is 0 Å². The van der Waals surface area contributed by atoms with E-state index in [0.29, 0.717) is 6.08 Å². The second-order valence-corrected chi connectivity index (χ2v) is 2.65. The smallest absolute Gasteiger partial charge is 0.235 e. The number of rotatable bonds is 3. The molecule has 1 atom stereocenters. The van der Waals surface area contributed by atoms with E-state index in [0.717, 1.165) is 0 Å². The zero-order valence-corrected chi connectivity index (χ0v) is 6.88. The number of hydrogen-bond donors (Lipinski definition) is 0. The highest BCUT2D eigenvalue weighted by atomic mass is 19.3. The first-order valence-corrected chi connectivity index (χ1v) is 3.78. The van der Waals surface area contributed by atoms with Gasteiger partial charge >= 0.3 is 5.92 Å². The summed E-state index contributed by atoms with van der Waals surface area (Å²) < 4.78 is 38.6. The van der Waals surface area contributed by atoms with E-state index in [1.165, 1.54) is 24.3 Å². The lowest BCUT2D eigenvalue weighted by Crippen LogP contribution is -2.19. The molecule has 0 aliphatic heterocycles. The van der Waals surface area contributed by atoms with Crippen LogP contribution >= 0.6 is 0 Å². The van der Waals surface area contributed by atoms with Gasteiger partial charge in [0.25, 0.3) is 0 Å². The minimum absolute atomic E-state index is 0.0348. The molecule has 0 saturated carbocycles. The Kier molecular flexibility index (Phi) is 2.76. The minimum Gasteiger partial charge on any atom is -0.235 e. The Balaban J connectivity index is 2.91. The predicted molar refractivity (Wildman–Crippen MR) is 45.4 cm³/mol. The third-order valence-electron chi connectivity index (χ3n) is 1.70. The van der Waals surface area contributed by atoms with Gasteiger partial charge in [-0.2, -0.15) is 8.78 Å². The molecule has 0 saturated heterocycles. The van der Waals surface area contributed by atoms with E-state index >= 15 is 0 Å². The quantitative estimate of drug-likeness (QED) is 0.633. The van der Waals surface area contributed by atoms with Gasteiger partial charge in [0.1, 0.15) is 0 Å². The summed E-state index contributed by atoms with van der Waals surface area (Å²) in [5, 5.41) is 0. The molecule has 70 valence electrons. The fraction of sp³-hybridized carbons (Fsp3) is 0.200. The fourth-order valence-corrected chi connectivity index (χ4v) is 0.948. The van der Waals surface area contributed by atoms with Gasteiger partial charge in [-0.05, 0) is 11.6 Å². The molecule has 0 aromatic heterocycles. The number of alkyl halides is 3. The molecule has 0 nitrogen and oxygen atoms in total. The van der Waals surface area contributed by atoms with Crippen LogP contribution in [-0.4, -0.2) is 5.92 Å². The van der Waals surface area contributed by atoms with Crippen molar-refractivity contribution in [2.24, 2.45) is 0 Å². The van der Waals surface area contributed by atoms with Gasteiger partial charge in [-0.3, -0.25) is 0 Å². The molecule has 0 aliphatic rings. The number of allylic oxidation sites excluding steroid dienone is 1. The van der Waals surface area contributed by atoms with Crippen molar-refractivity contribution < 1.29 is 13.2 Å². The average molecular weight is 186 g/mol. The molecule has 3 heteroatoms. The molecule has 0 radical (unpaired) electrons. The van der Waals surface area contributed by atoms with Crippen LogP contribution in [0.2, 0.25) is 0 Å². The number of hydrogen-bond acceptors (Lipinski definition) is 0. The highest BCUT2D eigenvalue weighted by Crippen LogP contribution is 2.35. The zero-order valence-electron chi connectivity index (χ0n) is 6.88. The molecule has 1 unspecified atom stereocenters. The first kappa shape index (κ1) is 9.84. The standard InChI is InChI=1S/C10H9F3/c1-2-10(12,13)9(11)8-6-4-3-5-7-8/h2-7,9H,1H2. The molecule has 0 fully saturated rings. The van der Waals surface area contributed by atoms with E-state index in [4.69, 9.17) is 0 Å². The van der Waals surface area contributed by atoms with Crippen LogP contribution < -0.4 is 0 Å². The van der Waals surface area contributed by atoms with Gasteiger partial charge in [-0.25, -0.2) is 4.39 Å². The van der Waals surface area contributed by atoms with Gasteiger partial charge in [0.2, 0.25) is 0 Å². The Labute approximate surface area is 74.7 Å². The van der Waals surface area contributed by atoms with Crippen molar-refractivity contribution in [1.82, 2.24) is 0 Å². The molecule has 0 heterocycles. The summed E-state index contributed by atoms with van der Waals surface area (Å²) in [7, 11) is 0. The normalized spacial score (nSPS) is 13.8. The molecule has 1 aromatic rings. The Hall–Kier alpha value is -1.25.